The number of nitrogens with one attached hydrogen (secondary N) is 2. The quantitative estimate of drug-likeness (QED) is 0.786. The smallest absolute Gasteiger partial charge is 0.251 e. The maximum Gasteiger partial charge on any atom is 0.251 e. The largest absolute Gasteiger partial charge is 0.343 e. The molecule has 2 aromatic rings. The Hall–Kier alpha value is -3.36. The van der Waals surface area contributed by atoms with Gasteiger partial charge < -0.3 is 15.5 Å². The van der Waals surface area contributed by atoms with Gasteiger partial charge in [-0.1, -0.05) is 0 Å². The fourth-order valence-corrected chi connectivity index (χ4v) is 2.95. The molecule has 6 nitrogen and oxygen atoms in total. The van der Waals surface area contributed by atoms with Crippen LogP contribution in [0.1, 0.15) is 22.8 Å². The minimum Gasteiger partial charge on any atom is -0.343 e. The zero-order valence-electron chi connectivity index (χ0n) is 14.8. The van der Waals surface area contributed by atoms with Gasteiger partial charge in [0, 0.05) is 24.7 Å². The summed E-state index contributed by atoms with van der Waals surface area (Å²) in [7, 11) is 0. The van der Waals surface area contributed by atoms with E-state index in [0.29, 0.717) is 24.6 Å². The highest BCUT2D eigenvalue weighted by molar-refractivity contribution is 6.00. The summed E-state index contributed by atoms with van der Waals surface area (Å²) in [5, 5.41) is 4.43. The van der Waals surface area contributed by atoms with Crippen molar-refractivity contribution in [2.45, 2.75) is 13.3 Å². The molecule has 3 amide bonds. The summed E-state index contributed by atoms with van der Waals surface area (Å²) >= 11 is 0. The summed E-state index contributed by atoms with van der Waals surface area (Å²) in [6.07, 6.45) is 0.617. The van der Waals surface area contributed by atoms with Gasteiger partial charge in [-0.25, -0.2) is 13.2 Å². The molecule has 0 saturated heterocycles. The van der Waals surface area contributed by atoms with Crippen molar-refractivity contribution in [1.29, 1.82) is 0 Å². The van der Waals surface area contributed by atoms with Crippen LogP contribution in [-0.4, -0.2) is 30.8 Å². The summed E-state index contributed by atoms with van der Waals surface area (Å²) in [6.45, 7) is 1.51. The Bertz CT molecular complexity index is 978. The number of anilines is 2. The van der Waals surface area contributed by atoms with Crippen LogP contribution in [0.3, 0.4) is 0 Å². The molecule has 9 heteroatoms. The number of amides is 3. The molecule has 0 radical (unpaired) electrons. The number of fused-ring (bicyclic) bond motifs is 1. The molecule has 0 aliphatic carbocycles. The van der Waals surface area contributed by atoms with Crippen LogP contribution in [0.5, 0.6) is 0 Å². The molecule has 28 heavy (non-hydrogen) atoms. The van der Waals surface area contributed by atoms with E-state index in [1.54, 1.807) is 17.0 Å². The average Bonchev–Trinajstić information content (AvgIpc) is 3.10. The predicted molar refractivity (Wildman–Crippen MR) is 95.5 cm³/mol. The van der Waals surface area contributed by atoms with Crippen LogP contribution in [0.2, 0.25) is 0 Å². The molecular weight excluding hydrogens is 375 g/mol. The van der Waals surface area contributed by atoms with E-state index >= 15 is 0 Å². The number of benzene rings is 2. The van der Waals surface area contributed by atoms with E-state index in [9.17, 15) is 27.6 Å². The maximum absolute atomic E-state index is 13.6. The van der Waals surface area contributed by atoms with E-state index in [4.69, 9.17) is 0 Å². The molecule has 0 fully saturated rings. The molecule has 1 aliphatic heterocycles. The molecule has 0 aromatic heterocycles. The molecule has 2 aromatic carbocycles. The predicted octanol–water partition coefficient (Wildman–Crippen LogP) is 2.38. The molecule has 0 bridgehead atoms. The van der Waals surface area contributed by atoms with E-state index in [2.05, 4.69) is 10.6 Å². The Morgan fingerprint density at radius 1 is 1.07 bits per heavy atom. The number of carbonyl (C=O) groups excluding carboxylic acids is 3. The maximum atomic E-state index is 13.6. The number of carbonyl (C=O) groups is 3. The topological polar surface area (TPSA) is 78.5 Å². The molecular formula is C19H16F3N3O3. The Morgan fingerprint density at radius 2 is 1.82 bits per heavy atom. The van der Waals surface area contributed by atoms with Gasteiger partial charge in [-0.15, -0.1) is 0 Å². The van der Waals surface area contributed by atoms with Crippen molar-refractivity contribution in [1.82, 2.24) is 5.32 Å². The lowest BCUT2D eigenvalue weighted by Gasteiger charge is -2.14. The van der Waals surface area contributed by atoms with Gasteiger partial charge in [-0.2, -0.15) is 0 Å². The third-order valence-electron chi connectivity index (χ3n) is 4.34. The molecule has 1 heterocycles. The average molecular weight is 391 g/mol. The normalized spacial score (nSPS) is 12.5. The standard InChI is InChI=1S/C19H16F3N3O3/c1-10(26)25-7-6-11-8-12(2-5-15(11)25)19(28)23-9-16(27)24-14-4-3-13(20)17(21)18(14)22/h2-5,8H,6-7,9H2,1H3,(H,23,28)(H,24,27). The molecule has 1 aliphatic rings. The van der Waals surface area contributed by atoms with Crippen LogP contribution in [-0.2, 0) is 16.0 Å². The first kappa shape index (κ1) is 19.4. The van der Waals surface area contributed by atoms with Gasteiger partial charge in [0.15, 0.2) is 17.5 Å². The van der Waals surface area contributed by atoms with Gasteiger partial charge in [0.05, 0.1) is 12.2 Å². The molecule has 146 valence electrons. The van der Waals surface area contributed by atoms with E-state index in [1.165, 1.54) is 13.0 Å². The van der Waals surface area contributed by atoms with E-state index in [-0.39, 0.29) is 5.91 Å². The molecule has 0 spiro atoms. The first-order valence-electron chi connectivity index (χ1n) is 8.40. The Kier molecular flexibility index (Phi) is 5.34. The first-order chi connectivity index (χ1) is 13.3. The minimum atomic E-state index is -1.69. The van der Waals surface area contributed by atoms with Crippen molar-refractivity contribution in [2.75, 3.05) is 23.3 Å². The van der Waals surface area contributed by atoms with Crippen LogP contribution in [0, 0.1) is 17.5 Å². The van der Waals surface area contributed by atoms with Gasteiger partial charge in [0.1, 0.15) is 0 Å². The number of rotatable bonds is 4. The van der Waals surface area contributed by atoms with Gasteiger partial charge in [0.25, 0.3) is 5.91 Å². The zero-order valence-corrected chi connectivity index (χ0v) is 14.8. The fraction of sp³-hybridized carbons (Fsp3) is 0.211. The minimum absolute atomic E-state index is 0.0860. The SMILES string of the molecule is CC(=O)N1CCc2cc(C(=O)NCC(=O)Nc3ccc(F)c(F)c3F)ccc21. The second kappa shape index (κ2) is 7.71. The first-order valence-corrected chi connectivity index (χ1v) is 8.40. The monoisotopic (exact) mass is 391 g/mol. The highest BCUT2D eigenvalue weighted by atomic mass is 19.2. The van der Waals surface area contributed by atoms with E-state index < -0.39 is 41.5 Å². The third kappa shape index (κ3) is 3.83. The lowest BCUT2D eigenvalue weighted by molar-refractivity contribution is -0.116. The zero-order chi connectivity index (χ0) is 20.4. The van der Waals surface area contributed by atoms with Crippen molar-refractivity contribution in [3.63, 3.8) is 0 Å². The van der Waals surface area contributed by atoms with Gasteiger partial charge in [-0.05, 0) is 42.3 Å². The summed E-state index contributed by atoms with van der Waals surface area (Å²) in [5.41, 5.74) is 1.36. The lowest BCUT2D eigenvalue weighted by Crippen LogP contribution is -2.33. The summed E-state index contributed by atoms with van der Waals surface area (Å²) in [6, 6.07) is 6.40. The van der Waals surface area contributed by atoms with Gasteiger partial charge >= 0.3 is 0 Å². The second-order valence-electron chi connectivity index (χ2n) is 6.22. The molecule has 3 rings (SSSR count). The molecule has 2 N–H and O–H groups in total. The van der Waals surface area contributed by atoms with Crippen molar-refractivity contribution < 1.29 is 27.6 Å². The Balaban J connectivity index is 1.61. The van der Waals surface area contributed by atoms with Crippen LogP contribution >= 0.6 is 0 Å². The fourth-order valence-electron chi connectivity index (χ4n) is 2.95. The van der Waals surface area contributed by atoms with Gasteiger partial charge in [-0.3, -0.25) is 14.4 Å². The van der Waals surface area contributed by atoms with Crippen molar-refractivity contribution in [3.05, 3.63) is 58.9 Å². The summed E-state index contributed by atoms with van der Waals surface area (Å²) in [5.74, 6) is -6.01. The third-order valence-corrected chi connectivity index (χ3v) is 4.34. The number of hydrogen-bond acceptors (Lipinski definition) is 3. The van der Waals surface area contributed by atoms with Crippen molar-refractivity contribution in [3.8, 4) is 0 Å². The molecule has 0 unspecified atom stereocenters. The molecule has 0 saturated carbocycles. The van der Waals surface area contributed by atoms with Crippen LogP contribution in [0.25, 0.3) is 0 Å². The van der Waals surface area contributed by atoms with Crippen LogP contribution in [0.15, 0.2) is 30.3 Å². The number of halogens is 3. The highest BCUT2D eigenvalue weighted by Crippen LogP contribution is 2.28. The summed E-state index contributed by atoms with van der Waals surface area (Å²) in [4.78, 5) is 37.2. The van der Waals surface area contributed by atoms with E-state index in [1.807, 2.05) is 0 Å². The molecule has 0 atom stereocenters. The summed E-state index contributed by atoms with van der Waals surface area (Å²) < 4.78 is 39.6. The van der Waals surface area contributed by atoms with Crippen molar-refractivity contribution in [2.24, 2.45) is 0 Å². The Labute approximate surface area is 158 Å². The van der Waals surface area contributed by atoms with Crippen LogP contribution < -0.4 is 15.5 Å². The van der Waals surface area contributed by atoms with Crippen LogP contribution in [0.4, 0.5) is 24.5 Å². The lowest BCUT2D eigenvalue weighted by atomic mass is 10.1. The number of nitrogens with zero attached hydrogens (tertiary/aromatic N) is 1. The highest BCUT2D eigenvalue weighted by Gasteiger charge is 2.23. The van der Waals surface area contributed by atoms with Gasteiger partial charge in [0.2, 0.25) is 11.8 Å². The van der Waals surface area contributed by atoms with Crippen molar-refractivity contribution >= 4 is 29.1 Å². The number of hydrogen-bond donors (Lipinski definition) is 2. The Morgan fingerprint density at radius 3 is 2.54 bits per heavy atom. The van der Waals surface area contributed by atoms with E-state index in [0.717, 1.165) is 17.3 Å². The second-order valence-corrected chi connectivity index (χ2v) is 6.22.